The molecule has 1 heterocycles. The smallest absolute Gasteiger partial charge is 0.123 e. The number of rotatable bonds is 1. The lowest BCUT2D eigenvalue weighted by Gasteiger charge is -2.20. The average molecular weight is 279 g/mol. The number of aromatic nitrogens is 1. The van der Waals surface area contributed by atoms with E-state index in [1.807, 2.05) is 24.3 Å². The van der Waals surface area contributed by atoms with Crippen molar-refractivity contribution in [2.75, 3.05) is 0 Å². The van der Waals surface area contributed by atoms with Crippen molar-refractivity contribution in [3.05, 3.63) is 66.1 Å². The van der Waals surface area contributed by atoms with Crippen LogP contribution in [-0.2, 0) is 5.41 Å². The van der Waals surface area contributed by atoms with E-state index in [9.17, 15) is 4.39 Å². The second kappa shape index (κ2) is 4.96. The van der Waals surface area contributed by atoms with Crippen molar-refractivity contribution in [1.29, 1.82) is 0 Å². The van der Waals surface area contributed by atoms with Gasteiger partial charge in [0, 0.05) is 22.1 Å². The van der Waals surface area contributed by atoms with Crippen LogP contribution >= 0.6 is 0 Å². The highest BCUT2D eigenvalue weighted by Crippen LogP contribution is 2.31. The van der Waals surface area contributed by atoms with Crippen molar-refractivity contribution >= 4 is 10.8 Å². The minimum atomic E-state index is -0.237. The van der Waals surface area contributed by atoms with Gasteiger partial charge in [0.15, 0.2) is 0 Å². The Morgan fingerprint density at radius 2 is 1.67 bits per heavy atom. The lowest BCUT2D eigenvalue weighted by molar-refractivity contribution is 0.571. The van der Waals surface area contributed by atoms with Crippen LogP contribution in [0.1, 0.15) is 26.5 Å². The molecule has 3 rings (SSSR count). The number of hydrogen-bond acceptors (Lipinski definition) is 1. The molecule has 0 radical (unpaired) electrons. The maximum Gasteiger partial charge on any atom is 0.123 e. The first-order chi connectivity index (χ1) is 9.95. The maximum atomic E-state index is 13.6. The van der Waals surface area contributed by atoms with Gasteiger partial charge in [-0.1, -0.05) is 57.2 Å². The van der Waals surface area contributed by atoms with Gasteiger partial charge >= 0.3 is 0 Å². The van der Waals surface area contributed by atoms with Crippen LogP contribution in [0.2, 0.25) is 0 Å². The van der Waals surface area contributed by atoms with Crippen molar-refractivity contribution in [1.82, 2.24) is 4.98 Å². The second-order valence-electron chi connectivity index (χ2n) is 6.34. The summed E-state index contributed by atoms with van der Waals surface area (Å²) in [4.78, 5) is 4.82. The molecule has 2 aromatic carbocycles. The van der Waals surface area contributed by atoms with Gasteiger partial charge in [-0.3, -0.25) is 4.98 Å². The zero-order valence-corrected chi connectivity index (χ0v) is 12.5. The second-order valence-corrected chi connectivity index (χ2v) is 6.34. The monoisotopic (exact) mass is 279 g/mol. The van der Waals surface area contributed by atoms with Gasteiger partial charge in [0.1, 0.15) is 5.82 Å². The number of fused-ring (bicyclic) bond motifs is 1. The molecule has 0 saturated heterocycles. The summed E-state index contributed by atoms with van der Waals surface area (Å²) in [6.07, 6.45) is 0. The number of hydrogen-bond donors (Lipinski definition) is 0. The Labute approximate surface area is 124 Å². The molecular formula is C19H18FN. The molecule has 0 unspecified atom stereocenters. The normalized spacial score (nSPS) is 11.8. The van der Waals surface area contributed by atoms with E-state index in [2.05, 4.69) is 32.9 Å². The first-order valence-electron chi connectivity index (χ1n) is 7.11. The van der Waals surface area contributed by atoms with E-state index in [-0.39, 0.29) is 11.2 Å². The van der Waals surface area contributed by atoms with Crippen LogP contribution < -0.4 is 0 Å². The van der Waals surface area contributed by atoms with E-state index in [1.165, 1.54) is 6.07 Å². The SMILES string of the molecule is CC(C)(C)c1cc2ccccc2c(-c2cccc(F)c2)n1. The molecule has 21 heavy (non-hydrogen) atoms. The third-order valence-corrected chi connectivity index (χ3v) is 3.61. The summed E-state index contributed by atoms with van der Waals surface area (Å²) in [5.41, 5.74) is 2.63. The average Bonchev–Trinajstić information content (AvgIpc) is 2.45. The van der Waals surface area contributed by atoms with Crippen LogP contribution in [0.3, 0.4) is 0 Å². The molecule has 3 aromatic rings. The Hall–Kier alpha value is -2.22. The fraction of sp³-hybridized carbons (Fsp3) is 0.211. The number of pyridine rings is 1. The van der Waals surface area contributed by atoms with Gasteiger partial charge in [-0.05, 0) is 23.6 Å². The summed E-state index contributed by atoms with van der Waals surface area (Å²) in [6, 6.07) is 16.9. The van der Waals surface area contributed by atoms with Crippen molar-refractivity contribution in [3.63, 3.8) is 0 Å². The molecule has 1 aromatic heterocycles. The number of halogens is 1. The molecule has 0 amide bonds. The van der Waals surface area contributed by atoms with Crippen molar-refractivity contribution in [3.8, 4) is 11.3 Å². The highest BCUT2D eigenvalue weighted by molar-refractivity contribution is 5.94. The van der Waals surface area contributed by atoms with Crippen molar-refractivity contribution < 1.29 is 4.39 Å². The van der Waals surface area contributed by atoms with Crippen LogP contribution in [0.25, 0.3) is 22.0 Å². The molecule has 0 fully saturated rings. The lowest BCUT2D eigenvalue weighted by atomic mass is 9.89. The molecule has 106 valence electrons. The van der Waals surface area contributed by atoms with E-state index in [4.69, 9.17) is 4.98 Å². The van der Waals surface area contributed by atoms with Crippen LogP contribution in [0.15, 0.2) is 54.6 Å². The van der Waals surface area contributed by atoms with Gasteiger partial charge in [0.25, 0.3) is 0 Å². The Morgan fingerprint density at radius 1 is 0.905 bits per heavy atom. The van der Waals surface area contributed by atoms with Crippen LogP contribution in [-0.4, -0.2) is 4.98 Å². The predicted molar refractivity (Wildman–Crippen MR) is 85.8 cm³/mol. The molecule has 1 nitrogen and oxygen atoms in total. The molecule has 0 atom stereocenters. The van der Waals surface area contributed by atoms with Gasteiger partial charge in [-0.25, -0.2) is 4.39 Å². The van der Waals surface area contributed by atoms with Gasteiger partial charge in [-0.15, -0.1) is 0 Å². The summed E-state index contributed by atoms with van der Waals surface area (Å²) >= 11 is 0. The summed E-state index contributed by atoms with van der Waals surface area (Å²) in [5, 5.41) is 2.19. The number of nitrogens with zero attached hydrogens (tertiary/aromatic N) is 1. The summed E-state index contributed by atoms with van der Waals surface area (Å²) in [5.74, 6) is -0.237. The fourth-order valence-electron chi connectivity index (χ4n) is 2.44. The van der Waals surface area contributed by atoms with E-state index in [1.54, 1.807) is 12.1 Å². The number of benzene rings is 2. The first-order valence-corrected chi connectivity index (χ1v) is 7.11. The van der Waals surface area contributed by atoms with Gasteiger partial charge in [0.05, 0.1) is 5.69 Å². The highest BCUT2D eigenvalue weighted by atomic mass is 19.1. The first kappa shape index (κ1) is 13.7. The van der Waals surface area contributed by atoms with E-state index < -0.39 is 0 Å². The summed E-state index contributed by atoms with van der Waals surface area (Å²) in [6.45, 7) is 6.42. The molecule has 2 heteroatoms. The fourth-order valence-corrected chi connectivity index (χ4v) is 2.44. The quantitative estimate of drug-likeness (QED) is 0.586. The molecule has 0 bridgehead atoms. The van der Waals surface area contributed by atoms with E-state index >= 15 is 0 Å². The largest absolute Gasteiger partial charge is 0.252 e. The molecule has 0 aliphatic carbocycles. The molecule has 0 N–H and O–H groups in total. The topological polar surface area (TPSA) is 12.9 Å². The molecule has 0 aliphatic heterocycles. The van der Waals surface area contributed by atoms with Crippen LogP contribution in [0.4, 0.5) is 4.39 Å². The Bertz CT molecular complexity index is 800. The molecule has 0 aliphatic rings. The highest BCUT2D eigenvalue weighted by Gasteiger charge is 2.18. The summed E-state index contributed by atoms with van der Waals surface area (Å²) < 4.78 is 13.6. The third-order valence-electron chi connectivity index (χ3n) is 3.61. The third kappa shape index (κ3) is 2.66. The van der Waals surface area contributed by atoms with Gasteiger partial charge in [-0.2, -0.15) is 0 Å². The lowest BCUT2D eigenvalue weighted by Crippen LogP contribution is -2.14. The molecular weight excluding hydrogens is 261 g/mol. The van der Waals surface area contributed by atoms with E-state index in [0.29, 0.717) is 0 Å². The molecule has 0 spiro atoms. The summed E-state index contributed by atoms with van der Waals surface area (Å²) in [7, 11) is 0. The Morgan fingerprint density at radius 3 is 2.38 bits per heavy atom. The maximum absolute atomic E-state index is 13.6. The Kier molecular flexibility index (Phi) is 3.25. The van der Waals surface area contributed by atoms with E-state index in [0.717, 1.165) is 27.7 Å². The minimum Gasteiger partial charge on any atom is -0.252 e. The van der Waals surface area contributed by atoms with Crippen molar-refractivity contribution in [2.45, 2.75) is 26.2 Å². The van der Waals surface area contributed by atoms with Crippen molar-refractivity contribution in [2.24, 2.45) is 0 Å². The molecule has 0 saturated carbocycles. The van der Waals surface area contributed by atoms with Crippen LogP contribution in [0.5, 0.6) is 0 Å². The zero-order chi connectivity index (χ0) is 15.0. The van der Waals surface area contributed by atoms with Gasteiger partial charge in [0.2, 0.25) is 0 Å². The standard InChI is InChI=1S/C19H18FN/c1-19(2,3)17-12-13-7-4-5-10-16(13)18(21-17)14-8-6-9-15(20)11-14/h4-12H,1-3H3. The van der Waals surface area contributed by atoms with Gasteiger partial charge < -0.3 is 0 Å². The predicted octanol–water partition coefficient (Wildman–Crippen LogP) is 5.34. The Balaban J connectivity index is 2.34. The minimum absolute atomic E-state index is 0.0495. The van der Waals surface area contributed by atoms with Crippen LogP contribution in [0, 0.1) is 5.82 Å². The zero-order valence-electron chi connectivity index (χ0n) is 12.5.